The van der Waals surface area contributed by atoms with Crippen LogP contribution in [0, 0.1) is 13.8 Å². The van der Waals surface area contributed by atoms with Crippen molar-refractivity contribution < 1.29 is 13.2 Å². The third-order valence-corrected chi connectivity index (χ3v) is 7.36. The first-order chi connectivity index (χ1) is 13.2. The molecule has 5 nitrogen and oxygen atoms in total. The molecule has 1 aliphatic heterocycles. The Morgan fingerprint density at radius 2 is 1.79 bits per heavy atom. The molecule has 1 heterocycles. The number of hydrogen-bond acceptors (Lipinski definition) is 3. The van der Waals surface area contributed by atoms with Crippen molar-refractivity contribution in [1.29, 1.82) is 0 Å². The van der Waals surface area contributed by atoms with Crippen molar-refractivity contribution in [2.24, 2.45) is 0 Å². The summed E-state index contributed by atoms with van der Waals surface area (Å²) in [6.45, 7) is 6.92. The van der Waals surface area contributed by atoms with E-state index in [4.69, 9.17) is 11.6 Å². The molecular formula is C21H25ClN2O3S. The van der Waals surface area contributed by atoms with Gasteiger partial charge in [0.05, 0.1) is 21.5 Å². The van der Waals surface area contributed by atoms with Gasteiger partial charge in [0.15, 0.2) is 0 Å². The number of carbonyl (C=O) groups excluding carboxylic acids is 1. The summed E-state index contributed by atoms with van der Waals surface area (Å²) in [6.07, 6.45) is 1.71. The Morgan fingerprint density at radius 3 is 2.46 bits per heavy atom. The number of hydrogen-bond donors (Lipinski definition) is 1. The molecule has 28 heavy (non-hydrogen) atoms. The Kier molecular flexibility index (Phi) is 6.12. The van der Waals surface area contributed by atoms with Gasteiger partial charge in [-0.05, 0) is 62.9 Å². The normalized spacial score (nSPS) is 16.1. The number of carbonyl (C=O) groups is 1. The lowest BCUT2D eigenvalue weighted by atomic mass is 10.00. The number of aryl methyl sites for hydroxylation is 2. The Morgan fingerprint density at radius 1 is 1.11 bits per heavy atom. The van der Waals surface area contributed by atoms with Crippen molar-refractivity contribution in [2.45, 2.75) is 44.6 Å². The molecule has 0 aliphatic carbocycles. The number of benzene rings is 2. The van der Waals surface area contributed by atoms with Crippen LogP contribution in [0.25, 0.3) is 0 Å². The van der Waals surface area contributed by atoms with E-state index in [0.29, 0.717) is 13.1 Å². The first-order valence-corrected chi connectivity index (χ1v) is 11.2. The summed E-state index contributed by atoms with van der Waals surface area (Å²) in [5, 5.41) is 3.17. The van der Waals surface area contributed by atoms with Gasteiger partial charge in [0.1, 0.15) is 0 Å². The molecule has 0 aromatic heterocycles. The fourth-order valence-electron chi connectivity index (χ4n) is 3.49. The van der Waals surface area contributed by atoms with Crippen molar-refractivity contribution in [1.82, 2.24) is 9.62 Å². The van der Waals surface area contributed by atoms with Gasteiger partial charge in [0, 0.05) is 13.1 Å². The van der Waals surface area contributed by atoms with Gasteiger partial charge in [-0.3, -0.25) is 4.79 Å². The van der Waals surface area contributed by atoms with E-state index in [2.05, 4.69) is 5.32 Å². The van der Waals surface area contributed by atoms with Gasteiger partial charge in [-0.2, -0.15) is 4.31 Å². The van der Waals surface area contributed by atoms with Crippen molar-refractivity contribution in [3.05, 3.63) is 63.7 Å². The SMILES string of the molecule is Cc1ccc(C)c([C@@H](C)NC(=O)c2cc(S(=O)(=O)N3CCCC3)ccc2Cl)c1. The molecule has 0 spiro atoms. The van der Waals surface area contributed by atoms with Crippen molar-refractivity contribution in [2.75, 3.05) is 13.1 Å². The monoisotopic (exact) mass is 420 g/mol. The summed E-state index contributed by atoms with van der Waals surface area (Å²) in [4.78, 5) is 12.9. The zero-order chi connectivity index (χ0) is 20.5. The lowest BCUT2D eigenvalue weighted by Gasteiger charge is -2.19. The second kappa shape index (κ2) is 8.23. The fourth-order valence-corrected chi connectivity index (χ4v) is 5.24. The van der Waals surface area contributed by atoms with Crippen LogP contribution in [-0.4, -0.2) is 31.7 Å². The largest absolute Gasteiger partial charge is 0.345 e. The maximum atomic E-state index is 12.8. The zero-order valence-electron chi connectivity index (χ0n) is 16.3. The van der Waals surface area contributed by atoms with E-state index >= 15 is 0 Å². The van der Waals surface area contributed by atoms with Crippen molar-refractivity contribution in [3.8, 4) is 0 Å². The van der Waals surface area contributed by atoms with Gasteiger partial charge in [-0.1, -0.05) is 35.4 Å². The molecule has 2 aromatic carbocycles. The topological polar surface area (TPSA) is 66.5 Å². The first-order valence-electron chi connectivity index (χ1n) is 9.38. The summed E-state index contributed by atoms with van der Waals surface area (Å²) in [5.41, 5.74) is 3.37. The van der Waals surface area contributed by atoms with Gasteiger partial charge in [0.25, 0.3) is 5.91 Å². The number of rotatable bonds is 5. The molecule has 0 saturated carbocycles. The quantitative estimate of drug-likeness (QED) is 0.786. The highest BCUT2D eigenvalue weighted by Crippen LogP contribution is 2.26. The summed E-state index contributed by atoms with van der Waals surface area (Å²) in [6, 6.07) is 10.2. The minimum absolute atomic E-state index is 0.100. The number of amides is 1. The van der Waals surface area contributed by atoms with E-state index in [9.17, 15) is 13.2 Å². The van der Waals surface area contributed by atoms with Crippen LogP contribution in [0.1, 0.15) is 52.9 Å². The van der Waals surface area contributed by atoms with E-state index in [1.807, 2.05) is 39.0 Å². The number of nitrogens with one attached hydrogen (secondary N) is 1. The maximum Gasteiger partial charge on any atom is 0.253 e. The molecule has 7 heteroatoms. The molecule has 1 saturated heterocycles. The van der Waals surface area contributed by atoms with Gasteiger partial charge in [-0.25, -0.2) is 8.42 Å². The Hall–Kier alpha value is -1.89. The summed E-state index contributed by atoms with van der Waals surface area (Å²) >= 11 is 6.22. The van der Waals surface area contributed by atoms with Crippen LogP contribution in [0.5, 0.6) is 0 Å². The molecule has 0 bridgehead atoms. The van der Waals surface area contributed by atoms with Crippen LogP contribution in [0.2, 0.25) is 5.02 Å². The van der Waals surface area contributed by atoms with E-state index in [1.165, 1.54) is 22.5 Å². The van der Waals surface area contributed by atoms with Crippen molar-refractivity contribution >= 4 is 27.5 Å². The lowest BCUT2D eigenvalue weighted by Crippen LogP contribution is -2.29. The average Bonchev–Trinajstić information content (AvgIpc) is 3.19. The number of halogens is 1. The summed E-state index contributed by atoms with van der Waals surface area (Å²) in [7, 11) is -3.61. The predicted octanol–water partition coefficient (Wildman–Crippen LogP) is 4.23. The Balaban J connectivity index is 1.86. The molecule has 3 rings (SSSR count). The molecule has 150 valence electrons. The minimum Gasteiger partial charge on any atom is -0.345 e. The lowest BCUT2D eigenvalue weighted by molar-refractivity contribution is 0.0939. The smallest absolute Gasteiger partial charge is 0.253 e. The van der Waals surface area contributed by atoms with E-state index in [-0.39, 0.29) is 21.5 Å². The van der Waals surface area contributed by atoms with Gasteiger partial charge in [0.2, 0.25) is 10.0 Å². The molecular weight excluding hydrogens is 396 g/mol. The van der Waals surface area contributed by atoms with E-state index in [1.54, 1.807) is 0 Å². The predicted molar refractivity (Wildman–Crippen MR) is 111 cm³/mol. The summed E-state index contributed by atoms with van der Waals surface area (Å²) < 4.78 is 27.1. The number of nitrogens with zero attached hydrogens (tertiary/aromatic N) is 1. The highest BCUT2D eigenvalue weighted by atomic mass is 35.5. The molecule has 2 aromatic rings. The Bertz CT molecular complexity index is 999. The second-order valence-electron chi connectivity index (χ2n) is 7.31. The van der Waals surface area contributed by atoms with Crippen LogP contribution in [-0.2, 0) is 10.0 Å². The molecule has 0 radical (unpaired) electrons. The third-order valence-electron chi connectivity index (χ3n) is 5.13. The molecule has 1 aliphatic rings. The second-order valence-corrected chi connectivity index (χ2v) is 9.65. The van der Waals surface area contributed by atoms with E-state index in [0.717, 1.165) is 29.5 Å². The van der Waals surface area contributed by atoms with Crippen LogP contribution >= 0.6 is 11.6 Å². The Labute approximate surface area is 171 Å². The average molecular weight is 421 g/mol. The molecule has 1 atom stereocenters. The maximum absolute atomic E-state index is 12.8. The molecule has 1 fully saturated rings. The van der Waals surface area contributed by atoms with Crippen LogP contribution in [0.3, 0.4) is 0 Å². The van der Waals surface area contributed by atoms with Crippen LogP contribution < -0.4 is 5.32 Å². The first kappa shape index (κ1) is 20.8. The molecule has 0 unspecified atom stereocenters. The highest BCUT2D eigenvalue weighted by molar-refractivity contribution is 7.89. The zero-order valence-corrected chi connectivity index (χ0v) is 17.9. The van der Waals surface area contributed by atoms with E-state index < -0.39 is 15.9 Å². The van der Waals surface area contributed by atoms with Crippen molar-refractivity contribution in [3.63, 3.8) is 0 Å². The van der Waals surface area contributed by atoms with Gasteiger partial charge in [-0.15, -0.1) is 0 Å². The summed E-state index contributed by atoms with van der Waals surface area (Å²) in [5.74, 6) is -0.392. The van der Waals surface area contributed by atoms with Gasteiger partial charge < -0.3 is 5.32 Å². The molecule has 1 N–H and O–H groups in total. The number of sulfonamides is 1. The molecule has 1 amide bonds. The van der Waals surface area contributed by atoms with Crippen LogP contribution in [0.15, 0.2) is 41.3 Å². The minimum atomic E-state index is -3.61. The van der Waals surface area contributed by atoms with Gasteiger partial charge >= 0.3 is 0 Å². The fraction of sp³-hybridized carbons (Fsp3) is 0.381. The third kappa shape index (κ3) is 4.24. The van der Waals surface area contributed by atoms with Crippen LogP contribution in [0.4, 0.5) is 0 Å². The standard InChI is InChI=1S/C21H25ClN2O3S/c1-14-6-7-15(2)18(12-14)16(3)23-21(25)19-13-17(8-9-20(19)22)28(26,27)24-10-4-5-11-24/h6-9,12-13,16H,4-5,10-11H2,1-3H3,(H,23,25)/t16-/m1/s1. The highest BCUT2D eigenvalue weighted by Gasteiger charge is 2.28.